The van der Waals surface area contributed by atoms with E-state index >= 15 is 0 Å². The number of alkyl carbamates (subject to hydrolysis) is 1. The molecule has 28 heavy (non-hydrogen) atoms. The Balaban J connectivity index is 1.84. The van der Waals surface area contributed by atoms with Crippen molar-refractivity contribution in [3.05, 3.63) is 23.8 Å². The zero-order chi connectivity index (χ0) is 20.7. The van der Waals surface area contributed by atoms with Crippen molar-refractivity contribution >= 4 is 12.1 Å². The predicted molar refractivity (Wildman–Crippen MR) is 109 cm³/mol. The number of fused-ring (bicyclic) bond motifs is 1. The number of hydrogen-bond donors (Lipinski definition) is 3. The largest absolute Gasteiger partial charge is 0.454 e. The van der Waals surface area contributed by atoms with E-state index in [9.17, 15) is 4.79 Å². The molecule has 0 saturated carbocycles. The molecule has 0 fully saturated rings. The van der Waals surface area contributed by atoms with Gasteiger partial charge < -0.3 is 30.2 Å². The van der Waals surface area contributed by atoms with Gasteiger partial charge in [0, 0.05) is 20.1 Å². The number of nitrogens with zero attached hydrogens (tertiary/aromatic N) is 1. The lowest BCUT2D eigenvalue weighted by molar-refractivity contribution is 0.0491. The second kappa shape index (κ2) is 9.52. The molecule has 1 aromatic carbocycles. The fourth-order valence-corrected chi connectivity index (χ4v) is 2.58. The number of carbonyl (C=O) groups is 1. The van der Waals surface area contributed by atoms with E-state index < -0.39 is 11.7 Å². The van der Waals surface area contributed by atoms with Crippen LogP contribution in [0, 0.1) is 5.92 Å². The average molecular weight is 393 g/mol. The lowest BCUT2D eigenvalue weighted by Crippen LogP contribution is -2.50. The van der Waals surface area contributed by atoms with E-state index in [1.54, 1.807) is 7.05 Å². The molecule has 0 spiro atoms. The Hall–Kier alpha value is -2.64. The van der Waals surface area contributed by atoms with Crippen LogP contribution in [0.3, 0.4) is 0 Å². The number of guanidine groups is 1. The molecule has 8 nitrogen and oxygen atoms in total. The SMILES string of the molecule is CN=C(NCc1ccc2c(c1)OCO2)NCC(NC(=O)OC(C)(C)C)C(C)C. The van der Waals surface area contributed by atoms with Gasteiger partial charge in [0.05, 0.1) is 6.04 Å². The molecule has 1 aliphatic heterocycles. The standard InChI is InChI=1S/C20H32N4O4/c1-13(2)15(24-19(25)28-20(3,4)5)11-23-18(21-6)22-10-14-7-8-16-17(9-14)27-12-26-16/h7-9,13,15H,10-12H2,1-6H3,(H,24,25)(H2,21,22,23). The van der Waals surface area contributed by atoms with Crippen molar-refractivity contribution < 1.29 is 19.0 Å². The smallest absolute Gasteiger partial charge is 0.407 e. The summed E-state index contributed by atoms with van der Waals surface area (Å²) < 4.78 is 16.1. The van der Waals surface area contributed by atoms with Gasteiger partial charge in [-0.1, -0.05) is 19.9 Å². The maximum atomic E-state index is 12.1. The zero-order valence-corrected chi connectivity index (χ0v) is 17.6. The molecule has 0 aromatic heterocycles. The highest BCUT2D eigenvalue weighted by atomic mass is 16.7. The Kier molecular flexibility index (Phi) is 7.37. The number of aliphatic imine (C=N–C) groups is 1. The first-order valence-corrected chi connectivity index (χ1v) is 9.50. The van der Waals surface area contributed by atoms with Gasteiger partial charge in [0.1, 0.15) is 5.60 Å². The highest BCUT2D eigenvalue weighted by Gasteiger charge is 2.21. The molecule has 2 rings (SSSR count). The maximum absolute atomic E-state index is 12.1. The van der Waals surface area contributed by atoms with Crippen molar-refractivity contribution in [1.29, 1.82) is 0 Å². The van der Waals surface area contributed by atoms with Crippen LogP contribution in [0.1, 0.15) is 40.2 Å². The molecule has 0 bridgehead atoms. The van der Waals surface area contributed by atoms with Crippen LogP contribution < -0.4 is 25.4 Å². The van der Waals surface area contributed by atoms with Gasteiger partial charge in [0.15, 0.2) is 17.5 Å². The molecule has 3 N–H and O–H groups in total. The van der Waals surface area contributed by atoms with Gasteiger partial charge in [0.25, 0.3) is 0 Å². The predicted octanol–water partition coefficient (Wildman–Crippen LogP) is 2.63. The Morgan fingerprint density at radius 2 is 1.93 bits per heavy atom. The van der Waals surface area contributed by atoms with Crippen molar-refractivity contribution in [2.24, 2.45) is 10.9 Å². The van der Waals surface area contributed by atoms with Crippen LogP contribution in [0.25, 0.3) is 0 Å². The molecule has 1 heterocycles. The summed E-state index contributed by atoms with van der Waals surface area (Å²) in [6.45, 7) is 11.0. The van der Waals surface area contributed by atoms with Crippen LogP contribution in [-0.4, -0.2) is 44.1 Å². The van der Waals surface area contributed by atoms with Crippen LogP contribution in [0.4, 0.5) is 4.79 Å². The van der Waals surface area contributed by atoms with Gasteiger partial charge in [0.2, 0.25) is 6.79 Å². The molecule has 0 radical (unpaired) electrons. The molecule has 1 atom stereocenters. The quantitative estimate of drug-likeness (QED) is 0.509. The first kappa shape index (κ1) is 21.7. The fraction of sp³-hybridized carbons (Fsp3) is 0.600. The number of ether oxygens (including phenoxy) is 3. The highest BCUT2D eigenvalue weighted by molar-refractivity contribution is 5.79. The summed E-state index contributed by atoms with van der Waals surface area (Å²) >= 11 is 0. The molecule has 1 aliphatic rings. The first-order valence-electron chi connectivity index (χ1n) is 9.50. The lowest BCUT2D eigenvalue weighted by Gasteiger charge is -2.26. The van der Waals surface area contributed by atoms with Crippen LogP contribution in [0.5, 0.6) is 11.5 Å². The van der Waals surface area contributed by atoms with E-state index in [1.807, 2.05) is 52.8 Å². The fourth-order valence-electron chi connectivity index (χ4n) is 2.58. The third-order valence-electron chi connectivity index (χ3n) is 4.12. The van der Waals surface area contributed by atoms with Crippen molar-refractivity contribution in [2.75, 3.05) is 20.4 Å². The molecule has 1 aromatic rings. The number of amides is 1. The molecule has 0 saturated heterocycles. The van der Waals surface area contributed by atoms with E-state index in [2.05, 4.69) is 20.9 Å². The second-order valence-corrected chi connectivity index (χ2v) is 7.99. The lowest BCUT2D eigenvalue weighted by atomic mass is 10.0. The summed E-state index contributed by atoms with van der Waals surface area (Å²) in [5, 5.41) is 9.43. The molecular weight excluding hydrogens is 360 g/mol. The Labute approximate surface area is 167 Å². The number of carbonyl (C=O) groups excluding carboxylic acids is 1. The number of rotatable bonds is 6. The summed E-state index contributed by atoms with van der Waals surface area (Å²) in [5.74, 6) is 2.39. The third kappa shape index (κ3) is 6.83. The normalized spacial score (nSPS) is 14.6. The summed E-state index contributed by atoms with van der Waals surface area (Å²) in [6.07, 6.45) is -0.420. The van der Waals surface area contributed by atoms with E-state index in [4.69, 9.17) is 14.2 Å². The van der Waals surface area contributed by atoms with Crippen LogP contribution >= 0.6 is 0 Å². The van der Waals surface area contributed by atoms with E-state index in [-0.39, 0.29) is 18.8 Å². The highest BCUT2D eigenvalue weighted by Crippen LogP contribution is 2.32. The summed E-state index contributed by atoms with van der Waals surface area (Å²) in [7, 11) is 1.71. The Morgan fingerprint density at radius 3 is 2.57 bits per heavy atom. The van der Waals surface area contributed by atoms with Crippen LogP contribution in [0.15, 0.2) is 23.2 Å². The molecular formula is C20H32N4O4. The summed E-state index contributed by atoms with van der Waals surface area (Å²) in [5.41, 5.74) is 0.529. The van der Waals surface area contributed by atoms with E-state index in [0.717, 1.165) is 17.1 Å². The van der Waals surface area contributed by atoms with Gasteiger partial charge in [-0.3, -0.25) is 4.99 Å². The van der Waals surface area contributed by atoms with Crippen molar-refractivity contribution in [1.82, 2.24) is 16.0 Å². The molecule has 1 unspecified atom stereocenters. The minimum absolute atomic E-state index is 0.0982. The van der Waals surface area contributed by atoms with Crippen molar-refractivity contribution in [3.8, 4) is 11.5 Å². The zero-order valence-electron chi connectivity index (χ0n) is 17.6. The minimum atomic E-state index is -0.527. The average Bonchev–Trinajstić information content (AvgIpc) is 3.06. The minimum Gasteiger partial charge on any atom is -0.454 e. The monoisotopic (exact) mass is 392 g/mol. The molecule has 8 heteroatoms. The Morgan fingerprint density at radius 1 is 1.21 bits per heavy atom. The topological polar surface area (TPSA) is 93.2 Å². The number of hydrogen-bond acceptors (Lipinski definition) is 5. The van der Waals surface area contributed by atoms with Crippen LogP contribution in [-0.2, 0) is 11.3 Å². The second-order valence-electron chi connectivity index (χ2n) is 7.99. The van der Waals surface area contributed by atoms with Gasteiger partial charge in [-0.2, -0.15) is 0 Å². The molecule has 1 amide bonds. The van der Waals surface area contributed by atoms with Gasteiger partial charge in [-0.05, 0) is 44.4 Å². The third-order valence-corrected chi connectivity index (χ3v) is 4.12. The van der Waals surface area contributed by atoms with Crippen molar-refractivity contribution in [2.45, 2.75) is 52.8 Å². The summed E-state index contributed by atoms with van der Waals surface area (Å²) in [4.78, 5) is 16.3. The van der Waals surface area contributed by atoms with Gasteiger partial charge >= 0.3 is 6.09 Å². The van der Waals surface area contributed by atoms with Gasteiger partial charge in [-0.25, -0.2) is 4.79 Å². The Bertz CT molecular complexity index is 698. The van der Waals surface area contributed by atoms with Gasteiger partial charge in [-0.15, -0.1) is 0 Å². The maximum Gasteiger partial charge on any atom is 0.407 e. The first-order chi connectivity index (χ1) is 13.2. The van der Waals surface area contributed by atoms with Crippen molar-refractivity contribution in [3.63, 3.8) is 0 Å². The molecule has 0 aliphatic carbocycles. The molecule has 156 valence electrons. The number of nitrogens with one attached hydrogen (secondary N) is 3. The van der Waals surface area contributed by atoms with E-state index in [0.29, 0.717) is 19.0 Å². The summed E-state index contributed by atoms with van der Waals surface area (Å²) in [6, 6.07) is 5.73. The van der Waals surface area contributed by atoms with E-state index in [1.165, 1.54) is 0 Å². The van der Waals surface area contributed by atoms with Crippen LogP contribution in [0.2, 0.25) is 0 Å². The number of benzene rings is 1.